The average molecular weight is 253 g/mol. The summed E-state index contributed by atoms with van der Waals surface area (Å²) in [7, 11) is 0. The number of hydrogen-bond acceptors (Lipinski definition) is 1. The molecule has 2 nitrogen and oxygen atoms in total. The normalized spacial score (nSPS) is 20.1. The first-order valence-electron chi connectivity index (χ1n) is 8.08. The topological polar surface area (TPSA) is 20.3 Å². The molecular formula is C16H31NO. The minimum absolute atomic E-state index is 0.308. The molecule has 0 atom stereocenters. The number of nitrogens with zero attached hydrogens (tertiary/aromatic N) is 1. The van der Waals surface area contributed by atoms with Crippen molar-refractivity contribution in [3.8, 4) is 0 Å². The third-order valence-corrected chi connectivity index (χ3v) is 4.28. The van der Waals surface area contributed by atoms with E-state index in [1.54, 1.807) is 0 Å². The van der Waals surface area contributed by atoms with E-state index >= 15 is 0 Å². The first kappa shape index (κ1) is 15.5. The Labute approximate surface area is 113 Å². The summed E-state index contributed by atoms with van der Waals surface area (Å²) in [5.74, 6) is 0.724. The van der Waals surface area contributed by atoms with Crippen LogP contribution in [0.25, 0.3) is 0 Å². The van der Waals surface area contributed by atoms with Crippen molar-refractivity contribution in [1.29, 1.82) is 0 Å². The SMILES string of the molecule is CCN(CC)C(=O)C1CCCCCCCCCC1. The van der Waals surface area contributed by atoms with E-state index in [1.807, 2.05) is 4.90 Å². The standard InChI is InChI=1S/C16H31NO/c1-3-17(4-2)16(18)15-13-11-9-7-5-6-8-10-12-14-15/h15H,3-14H2,1-2H3. The second kappa shape index (κ2) is 9.41. The molecule has 18 heavy (non-hydrogen) atoms. The molecule has 0 aromatic heterocycles. The Morgan fingerprint density at radius 3 is 1.61 bits per heavy atom. The van der Waals surface area contributed by atoms with Crippen LogP contribution in [0.3, 0.4) is 0 Å². The van der Waals surface area contributed by atoms with Gasteiger partial charge >= 0.3 is 0 Å². The van der Waals surface area contributed by atoms with Gasteiger partial charge in [0.1, 0.15) is 0 Å². The second-order valence-corrected chi connectivity index (χ2v) is 5.61. The zero-order valence-corrected chi connectivity index (χ0v) is 12.4. The highest BCUT2D eigenvalue weighted by Gasteiger charge is 2.21. The fourth-order valence-electron chi connectivity index (χ4n) is 3.03. The van der Waals surface area contributed by atoms with Crippen LogP contribution < -0.4 is 0 Å². The van der Waals surface area contributed by atoms with Gasteiger partial charge in [-0.3, -0.25) is 4.79 Å². The van der Waals surface area contributed by atoms with Crippen LogP contribution in [0.1, 0.15) is 78.1 Å². The Bertz CT molecular complexity index is 211. The van der Waals surface area contributed by atoms with Crippen molar-refractivity contribution in [3.05, 3.63) is 0 Å². The minimum Gasteiger partial charge on any atom is -0.343 e. The number of amides is 1. The van der Waals surface area contributed by atoms with Gasteiger partial charge in [-0.25, -0.2) is 0 Å². The fourth-order valence-corrected chi connectivity index (χ4v) is 3.03. The molecule has 1 aliphatic rings. The maximum Gasteiger partial charge on any atom is 0.225 e. The zero-order valence-electron chi connectivity index (χ0n) is 12.4. The highest BCUT2D eigenvalue weighted by Crippen LogP contribution is 2.22. The van der Waals surface area contributed by atoms with E-state index in [9.17, 15) is 4.79 Å². The van der Waals surface area contributed by atoms with Crippen LogP contribution in [0.5, 0.6) is 0 Å². The van der Waals surface area contributed by atoms with Crippen LogP contribution in [-0.4, -0.2) is 23.9 Å². The van der Waals surface area contributed by atoms with Crippen molar-refractivity contribution in [2.24, 2.45) is 5.92 Å². The fraction of sp³-hybridized carbons (Fsp3) is 0.938. The Morgan fingerprint density at radius 1 is 0.833 bits per heavy atom. The van der Waals surface area contributed by atoms with E-state index in [2.05, 4.69) is 13.8 Å². The molecule has 0 spiro atoms. The summed E-state index contributed by atoms with van der Waals surface area (Å²) >= 11 is 0. The number of rotatable bonds is 3. The Balaban J connectivity index is 2.49. The molecule has 0 aliphatic heterocycles. The maximum absolute atomic E-state index is 12.4. The molecule has 106 valence electrons. The highest BCUT2D eigenvalue weighted by molar-refractivity contribution is 5.78. The molecule has 0 aromatic rings. The van der Waals surface area contributed by atoms with Crippen LogP contribution in [0.2, 0.25) is 0 Å². The van der Waals surface area contributed by atoms with Crippen molar-refractivity contribution in [2.45, 2.75) is 78.1 Å². The van der Waals surface area contributed by atoms with E-state index in [0.29, 0.717) is 11.8 Å². The molecule has 0 bridgehead atoms. The molecular weight excluding hydrogens is 222 g/mol. The largest absolute Gasteiger partial charge is 0.343 e. The quantitative estimate of drug-likeness (QED) is 0.730. The minimum atomic E-state index is 0.308. The molecule has 1 amide bonds. The molecule has 0 radical (unpaired) electrons. The second-order valence-electron chi connectivity index (χ2n) is 5.61. The van der Waals surface area contributed by atoms with Gasteiger partial charge in [-0.1, -0.05) is 51.4 Å². The lowest BCUT2D eigenvalue weighted by Crippen LogP contribution is -2.36. The molecule has 0 aromatic carbocycles. The summed E-state index contributed by atoms with van der Waals surface area (Å²) in [4.78, 5) is 14.5. The van der Waals surface area contributed by atoms with Gasteiger partial charge in [0, 0.05) is 19.0 Å². The Morgan fingerprint density at radius 2 is 1.22 bits per heavy atom. The lowest BCUT2D eigenvalue weighted by Gasteiger charge is -2.25. The predicted molar refractivity (Wildman–Crippen MR) is 77.6 cm³/mol. The van der Waals surface area contributed by atoms with Gasteiger partial charge in [-0.05, 0) is 26.7 Å². The smallest absolute Gasteiger partial charge is 0.225 e. The van der Waals surface area contributed by atoms with Gasteiger partial charge in [0.25, 0.3) is 0 Å². The average Bonchev–Trinajstić information content (AvgIpc) is 2.45. The van der Waals surface area contributed by atoms with E-state index in [1.165, 1.54) is 51.4 Å². The number of carbonyl (C=O) groups is 1. The molecule has 0 unspecified atom stereocenters. The van der Waals surface area contributed by atoms with Crippen LogP contribution in [0, 0.1) is 5.92 Å². The lowest BCUT2D eigenvalue weighted by atomic mass is 9.94. The summed E-state index contributed by atoms with van der Waals surface area (Å²) < 4.78 is 0. The number of hydrogen-bond donors (Lipinski definition) is 0. The predicted octanol–water partition coefficient (Wildman–Crippen LogP) is 4.39. The first-order chi connectivity index (χ1) is 8.79. The monoisotopic (exact) mass is 253 g/mol. The molecule has 1 saturated carbocycles. The third kappa shape index (κ3) is 5.41. The molecule has 0 N–H and O–H groups in total. The Kier molecular flexibility index (Phi) is 8.11. The van der Waals surface area contributed by atoms with E-state index in [4.69, 9.17) is 0 Å². The lowest BCUT2D eigenvalue weighted by molar-refractivity contribution is -0.135. The van der Waals surface area contributed by atoms with Crippen molar-refractivity contribution < 1.29 is 4.79 Å². The van der Waals surface area contributed by atoms with E-state index < -0.39 is 0 Å². The summed E-state index contributed by atoms with van der Waals surface area (Å²) in [5, 5.41) is 0. The van der Waals surface area contributed by atoms with Crippen molar-refractivity contribution in [1.82, 2.24) is 4.90 Å². The summed E-state index contributed by atoms with van der Waals surface area (Å²) in [6, 6.07) is 0. The summed E-state index contributed by atoms with van der Waals surface area (Å²) in [6.07, 6.45) is 12.9. The summed E-state index contributed by atoms with van der Waals surface area (Å²) in [5.41, 5.74) is 0. The molecule has 1 fully saturated rings. The zero-order chi connectivity index (χ0) is 13.2. The molecule has 1 aliphatic carbocycles. The highest BCUT2D eigenvalue weighted by atomic mass is 16.2. The van der Waals surface area contributed by atoms with Gasteiger partial charge in [-0.2, -0.15) is 0 Å². The Hall–Kier alpha value is -0.530. The third-order valence-electron chi connectivity index (χ3n) is 4.28. The van der Waals surface area contributed by atoms with E-state index in [0.717, 1.165) is 25.9 Å². The molecule has 0 heterocycles. The van der Waals surface area contributed by atoms with Gasteiger partial charge in [0.15, 0.2) is 0 Å². The van der Waals surface area contributed by atoms with Gasteiger partial charge < -0.3 is 4.90 Å². The van der Waals surface area contributed by atoms with Crippen molar-refractivity contribution in [2.75, 3.05) is 13.1 Å². The summed E-state index contributed by atoms with van der Waals surface area (Å²) in [6.45, 7) is 5.91. The van der Waals surface area contributed by atoms with Crippen molar-refractivity contribution in [3.63, 3.8) is 0 Å². The van der Waals surface area contributed by atoms with Crippen LogP contribution >= 0.6 is 0 Å². The van der Waals surface area contributed by atoms with E-state index in [-0.39, 0.29) is 0 Å². The first-order valence-corrected chi connectivity index (χ1v) is 8.08. The van der Waals surface area contributed by atoms with Crippen molar-refractivity contribution >= 4 is 5.91 Å². The van der Waals surface area contributed by atoms with Gasteiger partial charge in [0.05, 0.1) is 0 Å². The van der Waals surface area contributed by atoms with Crippen LogP contribution in [0.15, 0.2) is 0 Å². The molecule has 0 saturated heterocycles. The van der Waals surface area contributed by atoms with Crippen LogP contribution in [0.4, 0.5) is 0 Å². The maximum atomic E-state index is 12.4. The molecule has 2 heteroatoms. The van der Waals surface area contributed by atoms with Gasteiger partial charge in [0.2, 0.25) is 5.91 Å². The van der Waals surface area contributed by atoms with Gasteiger partial charge in [-0.15, -0.1) is 0 Å². The van der Waals surface area contributed by atoms with Crippen LogP contribution in [-0.2, 0) is 4.79 Å². The molecule has 1 rings (SSSR count). The number of carbonyl (C=O) groups excluding carboxylic acids is 1.